The molecule has 1 heterocycles. The molecule has 1 rings (SSSR count). The predicted molar refractivity (Wildman–Crippen MR) is 50.1 cm³/mol. The van der Waals surface area contributed by atoms with Crippen LogP contribution in [0.1, 0.15) is 0 Å². The van der Waals surface area contributed by atoms with Crippen molar-refractivity contribution in [1.82, 2.24) is 9.29 Å². The monoisotopic (exact) mass is 220 g/mol. The van der Waals surface area contributed by atoms with Crippen LogP contribution in [0.25, 0.3) is 0 Å². The van der Waals surface area contributed by atoms with Crippen molar-refractivity contribution in [3.63, 3.8) is 0 Å². The van der Waals surface area contributed by atoms with E-state index >= 15 is 0 Å². The lowest BCUT2D eigenvalue weighted by Gasteiger charge is -2.10. The Balaban J connectivity index is 3.17. The van der Waals surface area contributed by atoms with Gasteiger partial charge in [0.05, 0.1) is 0 Å². The first-order chi connectivity index (χ1) is 5.94. The molecule has 0 spiro atoms. The van der Waals surface area contributed by atoms with Gasteiger partial charge in [0.15, 0.2) is 0 Å². The molecular weight excluding hydrogens is 212 g/mol. The van der Waals surface area contributed by atoms with Gasteiger partial charge in [0.25, 0.3) is 0 Å². The Labute approximate surface area is 82.2 Å². The second kappa shape index (κ2) is 3.61. The molecule has 4 nitrogen and oxygen atoms in total. The zero-order chi connectivity index (χ0) is 10.1. The number of hydrogen-bond donors (Lipinski definition) is 0. The van der Waals surface area contributed by atoms with Crippen molar-refractivity contribution < 1.29 is 8.42 Å². The van der Waals surface area contributed by atoms with E-state index < -0.39 is 10.0 Å². The summed E-state index contributed by atoms with van der Waals surface area (Å²) >= 11 is 5.52. The van der Waals surface area contributed by atoms with Crippen molar-refractivity contribution in [2.75, 3.05) is 14.1 Å². The van der Waals surface area contributed by atoms with Gasteiger partial charge in [-0.2, -0.15) is 0 Å². The molecule has 0 N–H and O–H groups in total. The van der Waals surface area contributed by atoms with Crippen LogP contribution in [0.4, 0.5) is 0 Å². The Bertz CT molecular complexity index is 385. The average molecular weight is 221 g/mol. The van der Waals surface area contributed by atoms with Crippen molar-refractivity contribution in [2.45, 2.75) is 4.90 Å². The minimum absolute atomic E-state index is 0.141. The molecule has 13 heavy (non-hydrogen) atoms. The van der Waals surface area contributed by atoms with E-state index in [0.717, 1.165) is 4.31 Å². The SMILES string of the molecule is CN(C)S(=O)(=O)c1ccc(Cl)nc1. The molecule has 0 aromatic carbocycles. The van der Waals surface area contributed by atoms with Gasteiger partial charge < -0.3 is 0 Å². The Morgan fingerprint density at radius 1 is 1.38 bits per heavy atom. The van der Waals surface area contributed by atoms with Crippen molar-refractivity contribution >= 4 is 21.6 Å². The maximum absolute atomic E-state index is 11.5. The van der Waals surface area contributed by atoms with Gasteiger partial charge in [-0.25, -0.2) is 17.7 Å². The van der Waals surface area contributed by atoms with Gasteiger partial charge >= 0.3 is 0 Å². The van der Waals surface area contributed by atoms with E-state index in [0.29, 0.717) is 0 Å². The van der Waals surface area contributed by atoms with Crippen molar-refractivity contribution in [1.29, 1.82) is 0 Å². The lowest BCUT2D eigenvalue weighted by molar-refractivity contribution is 0.520. The van der Waals surface area contributed by atoms with Crippen LogP contribution < -0.4 is 0 Å². The first-order valence-corrected chi connectivity index (χ1v) is 5.30. The lowest BCUT2D eigenvalue weighted by Crippen LogP contribution is -2.22. The molecule has 0 fully saturated rings. The maximum atomic E-state index is 11.5. The Hall–Kier alpha value is -0.650. The summed E-state index contributed by atoms with van der Waals surface area (Å²) in [5.41, 5.74) is 0. The van der Waals surface area contributed by atoms with Crippen molar-refractivity contribution in [3.8, 4) is 0 Å². The van der Waals surface area contributed by atoms with E-state index in [-0.39, 0.29) is 10.0 Å². The minimum atomic E-state index is -3.38. The quantitative estimate of drug-likeness (QED) is 0.699. The van der Waals surface area contributed by atoms with E-state index in [1.165, 1.54) is 32.4 Å². The van der Waals surface area contributed by atoms with Gasteiger partial charge in [-0.3, -0.25) is 0 Å². The Morgan fingerprint density at radius 3 is 2.38 bits per heavy atom. The fourth-order valence-electron chi connectivity index (χ4n) is 0.726. The summed E-state index contributed by atoms with van der Waals surface area (Å²) in [6.07, 6.45) is 1.23. The molecule has 1 aromatic heterocycles. The first-order valence-electron chi connectivity index (χ1n) is 3.48. The van der Waals surface area contributed by atoms with Gasteiger partial charge in [-0.15, -0.1) is 0 Å². The maximum Gasteiger partial charge on any atom is 0.244 e. The van der Waals surface area contributed by atoms with Gasteiger partial charge in [0, 0.05) is 20.3 Å². The summed E-state index contributed by atoms with van der Waals surface area (Å²) in [4.78, 5) is 3.83. The van der Waals surface area contributed by atoms with Crippen LogP contribution in [0.2, 0.25) is 5.15 Å². The molecule has 0 aliphatic heterocycles. The van der Waals surface area contributed by atoms with E-state index in [4.69, 9.17) is 11.6 Å². The molecule has 6 heteroatoms. The number of nitrogens with zero attached hydrogens (tertiary/aromatic N) is 2. The average Bonchev–Trinajstić information content (AvgIpc) is 2.04. The number of sulfonamides is 1. The number of aromatic nitrogens is 1. The molecule has 0 radical (unpaired) electrons. The first kappa shape index (κ1) is 10.4. The third kappa shape index (κ3) is 2.18. The second-order valence-electron chi connectivity index (χ2n) is 2.60. The molecule has 0 aliphatic rings. The molecule has 0 unspecified atom stereocenters. The van der Waals surface area contributed by atoms with Crippen LogP contribution in [-0.4, -0.2) is 31.8 Å². The van der Waals surface area contributed by atoms with Gasteiger partial charge in [-0.1, -0.05) is 11.6 Å². The molecule has 0 bridgehead atoms. The smallest absolute Gasteiger partial charge is 0.243 e. The molecular formula is C7H9ClN2O2S. The highest BCUT2D eigenvalue weighted by molar-refractivity contribution is 7.89. The number of pyridine rings is 1. The topological polar surface area (TPSA) is 50.3 Å². The molecule has 0 saturated carbocycles. The fourth-order valence-corrected chi connectivity index (χ4v) is 1.69. The van der Waals surface area contributed by atoms with Gasteiger partial charge in [-0.05, 0) is 12.1 Å². The number of hydrogen-bond acceptors (Lipinski definition) is 3. The highest BCUT2D eigenvalue weighted by Crippen LogP contribution is 2.13. The van der Waals surface area contributed by atoms with E-state index in [2.05, 4.69) is 4.98 Å². The zero-order valence-electron chi connectivity index (χ0n) is 7.23. The summed E-state index contributed by atoms with van der Waals surface area (Å²) in [6.45, 7) is 0. The van der Waals surface area contributed by atoms with Gasteiger partial charge in [0.2, 0.25) is 10.0 Å². The third-order valence-corrected chi connectivity index (χ3v) is 3.50. The fraction of sp³-hybridized carbons (Fsp3) is 0.286. The molecule has 0 atom stereocenters. The van der Waals surface area contributed by atoms with Crippen LogP contribution in [0.15, 0.2) is 23.2 Å². The third-order valence-electron chi connectivity index (χ3n) is 1.48. The largest absolute Gasteiger partial charge is 0.244 e. The van der Waals surface area contributed by atoms with Crippen LogP contribution in [-0.2, 0) is 10.0 Å². The van der Waals surface area contributed by atoms with Crippen molar-refractivity contribution in [3.05, 3.63) is 23.5 Å². The standard InChI is InChI=1S/C7H9ClN2O2S/c1-10(2)13(11,12)6-3-4-7(8)9-5-6/h3-5H,1-2H3. The van der Waals surface area contributed by atoms with Crippen molar-refractivity contribution in [2.24, 2.45) is 0 Å². The summed E-state index contributed by atoms with van der Waals surface area (Å²) in [5, 5.41) is 0.276. The highest BCUT2D eigenvalue weighted by Gasteiger charge is 2.16. The van der Waals surface area contributed by atoms with E-state index in [9.17, 15) is 8.42 Å². The summed E-state index contributed by atoms with van der Waals surface area (Å²) < 4.78 is 24.1. The van der Waals surface area contributed by atoms with E-state index in [1.54, 1.807) is 0 Å². The Kier molecular flexibility index (Phi) is 2.90. The predicted octanol–water partition coefficient (Wildman–Crippen LogP) is 0.985. The van der Waals surface area contributed by atoms with Gasteiger partial charge in [0.1, 0.15) is 10.0 Å². The summed E-state index contributed by atoms with van der Waals surface area (Å²) in [7, 11) is -0.457. The Morgan fingerprint density at radius 2 is 2.00 bits per heavy atom. The summed E-state index contributed by atoms with van der Waals surface area (Å²) in [6, 6.07) is 2.86. The van der Waals surface area contributed by atoms with Crippen LogP contribution in [0, 0.1) is 0 Å². The molecule has 0 amide bonds. The number of halogens is 1. The second-order valence-corrected chi connectivity index (χ2v) is 5.14. The minimum Gasteiger partial charge on any atom is -0.243 e. The molecule has 0 saturated heterocycles. The zero-order valence-corrected chi connectivity index (χ0v) is 8.80. The number of rotatable bonds is 2. The van der Waals surface area contributed by atoms with Crippen LogP contribution >= 0.6 is 11.6 Å². The molecule has 72 valence electrons. The normalized spacial score (nSPS) is 12.0. The lowest BCUT2D eigenvalue weighted by atomic mass is 10.5. The summed E-state index contributed by atoms with van der Waals surface area (Å²) in [5.74, 6) is 0. The molecule has 0 aliphatic carbocycles. The van der Waals surface area contributed by atoms with Crippen LogP contribution in [0.5, 0.6) is 0 Å². The van der Waals surface area contributed by atoms with Crippen LogP contribution in [0.3, 0.4) is 0 Å². The highest BCUT2D eigenvalue weighted by atomic mass is 35.5. The van der Waals surface area contributed by atoms with E-state index in [1.807, 2.05) is 0 Å². The molecule has 1 aromatic rings.